The van der Waals surface area contributed by atoms with E-state index in [9.17, 15) is 14.4 Å². The number of nitrogens with one attached hydrogen (secondary N) is 1. The van der Waals surface area contributed by atoms with E-state index in [2.05, 4.69) is 4.98 Å². The zero-order valence-electron chi connectivity index (χ0n) is 14.4. The number of thiophene rings is 1. The first-order chi connectivity index (χ1) is 11.8. The van der Waals surface area contributed by atoms with Crippen LogP contribution < -0.4 is 16.6 Å². The smallest absolute Gasteiger partial charge is 0.318 e. The molecule has 0 unspecified atom stereocenters. The van der Waals surface area contributed by atoms with Gasteiger partial charge in [-0.15, -0.1) is 11.3 Å². The van der Waals surface area contributed by atoms with Gasteiger partial charge in [-0.3, -0.25) is 19.5 Å². The first-order valence-electron chi connectivity index (χ1n) is 7.52. The number of fused-ring (bicyclic) bond motifs is 1. The van der Waals surface area contributed by atoms with Crippen molar-refractivity contribution >= 4 is 45.3 Å². The van der Waals surface area contributed by atoms with Crippen molar-refractivity contribution in [2.45, 2.75) is 37.7 Å². The van der Waals surface area contributed by atoms with E-state index < -0.39 is 17.2 Å². The van der Waals surface area contributed by atoms with E-state index >= 15 is 0 Å². The number of hydrogen-bond donors (Lipinski definition) is 2. The number of rotatable bonds is 6. The third-order valence-electron chi connectivity index (χ3n) is 3.67. The van der Waals surface area contributed by atoms with Crippen LogP contribution in [0.25, 0.3) is 10.2 Å². The molecule has 2 aromatic rings. The summed E-state index contributed by atoms with van der Waals surface area (Å²) in [6.07, 6.45) is 0. The molecule has 0 radical (unpaired) electrons. The minimum atomic E-state index is -0.915. The number of nitrogens with two attached hydrogens (primary N) is 1. The predicted octanol–water partition coefficient (Wildman–Crippen LogP) is 1.40. The van der Waals surface area contributed by atoms with Gasteiger partial charge < -0.3 is 10.5 Å². The Bertz CT molecular complexity index is 875. The predicted molar refractivity (Wildman–Crippen MR) is 98.3 cm³/mol. The molecular weight excluding hydrogens is 364 g/mol. The molecule has 2 rings (SSSR count). The summed E-state index contributed by atoms with van der Waals surface area (Å²) in [6, 6.07) is -0.915. The number of aryl methyl sites for hydroxylation is 2. The highest BCUT2D eigenvalue weighted by Crippen LogP contribution is 2.29. The summed E-state index contributed by atoms with van der Waals surface area (Å²) < 4.78 is 6.58. The SMILES string of the molecule is COCCn1c(S[C@@H](C)C(=O)NC(N)=O)nc2sc(C)c(C)c2c1=O. The molecule has 0 saturated carbocycles. The summed E-state index contributed by atoms with van der Waals surface area (Å²) in [4.78, 5) is 41.9. The van der Waals surface area contributed by atoms with Gasteiger partial charge in [0.05, 0.1) is 23.8 Å². The number of ether oxygens (including phenoxy) is 1. The Morgan fingerprint density at radius 1 is 1.44 bits per heavy atom. The normalized spacial score (nSPS) is 12.3. The number of methoxy groups -OCH3 is 1. The van der Waals surface area contributed by atoms with E-state index in [1.807, 2.05) is 19.2 Å². The molecule has 3 amide bonds. The van der Waals surface area contributed by atoms with Gasteiger partial charge in [-0.05, 0) is 26.3 Å². The molecule has 1 atom stereocenters. The zero-order valence-corrected chi connectivity index (χ0v) is 16.0. The van der Waals surface area contributed by atoms with E-state index in [1.165, 1.54) is 15.9 Å². The van der Waals surface area contributed by atoms with Crippen molar-refractivity contribution < 1.29 is 14.3 Å². The van der Waals surface area contributed by atoms with E-state index in [1.54, 1.807) is 14.0 Å². The molecule has 8 nitrogen and oxygen atoms in total. The van der Waals surface area contributed by atoms with Crippen LogP contribution in [0, 0.1) is 13.8 Å². The summed E-state index contributed by atoms with van der Waals surface area (Å²) in [5, 5.41) is 2.39. The Labute approximate surface area is 152 Å². The second kappa shape index (κ2) is 7.98. The van der Waals surface area contributed by atoms with Crippen molar-refractivity contribution in [1.29, 1.82) is 0 Å². The number of carbonyl (C=O) groups is 2. The monoisotopic (exact) mass is 384 g/mol. The van der Waals surface area contributed by atoms with Crippen molar-refractivity contribution in [3.8, 4) is 0 Å². The van der Waals surface area contributed by atoms with Gasteiger partial charge in [0.15, 0.2) is 5.16 Å². The zero-order chi connectivity index (χ0) is 18.7. The summed E-state index contributed by atoms with van der Waals surface area (Å²) in [6.45, 7) is 6.11. The maximum atomic E-state index is 12.9. The summed E-state index contributed by atoms with van der Waals surface area (Å²) in [5.74, 6) is -0.538. The van der Waals surface area contributed by atoms with Crippen LogP contribution in [0.4, 0.5) is 4.79 Å². The fourth-order valence-electron chi connectivity index (χ4n) is 2.21. The third kappa shape index (κ3) is 4.20. The molecule has 2 aromatic heterocycles. The van der Waals surface area contributed by atoms with E-state index in [-0.39, 0.29) is 5.56 Å². The molecule has 0 aliphatic carbocycles. The molecule has 0 aromatic carbocycles. The number of primary amides is 1. The molecule has 0 aliphatic rings. The Kier molecular flexibility index (Phi) is 6.20. The van der Waals surface area contributed by atoms with Gasteiger partial charge in [0.1, 0.15) is 4.83 Å². The molecule has 10 heteroatoms. The minimum Gasteiger partial charge on any atom is -0.383 e. The van der Waals surface area contributed by atoms with Gasteiger partial charge in [-0.25, -0.2) is 9.78 Å². The van der Waals surface area contributed by atoms with Crippen LogP contribution >= 0.6 is 23.1 Å². The highest BCUT2D eigenvalue weighted by Gasteiger charge is 2.22. The lowest BCUT2D eigenvalue weighted by atomic mass is 10.2. The molecule has 136 valence electrons. The fourth-order valence-corrected chi connectivity index (χ4v) is 4.22. The number of hydrogen-bond acceptors (Lipinski definition) is 7. The molecule has 0 saturated heterocycles. The van der Waals surface area contributed by atoms with E-state index in [0.717, 1.165) is 22.2 Å². The van der Waals surface area contributed by atoms with E-state index in [4.69, 9.17) is 10.5 Å². The topological polar surface area (TPSA) is 116 Å². The van der Waals surface area contributed by atoms with Crippen molar-refractivity contribution in [3.05, 3.63) is 20.8 Å². The quantitative estimate of drug-likeness (QED) is 0.574. The Balaban J connectivity index is 2.48. The van der Waals surface area contributed by atoms with Gasteiger partial charge in [0.2, 0.25) is 5.91 Å². The van der Waals surface area contributed by atoms with Crippen LogP contribution in [0.2, 0.25) is 0 Å². The molecule has 0 fully saturated rings. The minimum absolute atomic E-state index is 0.158. The average molecular weight is 384 g/mol. The number of nitrogens with zero attached hydrogens (tertiary/aromatic N) is 2. The van der Waals surface area contributed by atoms with Gasteiger partial charge in [0.25, 0.3) is 5.56 Å². The van der Waals surface area contributed by atoms with Crippen LogP contribution in [-0.2, 0) is 16.1 Å². The summed E-state index contributed by atoms with van der Waals surface area (Å²) in [7, 11) is 1.55. The van der Waals surface area contributed by atoms with Gasteiger partial charge >= 0.3 is 6.03 Å². The van der Waals surface area contributed by atoms with Crippen LogP contribution in [0.3, 0.4) is 0 Å². The Morgan fingerprint density at radius 2 is 2.12 bits per heavy atom. The van der Waals surface area contributed by atoms with Crippen LogP contribution in [0.5, 0.6) is 0 Å². The fraction of sp³-hybridized carbons (Fsp3) is 0.467. The van der Waals surface area contributed by atoms with Crippen LogP contribution in [-0.4, -0.2) is 40.5 Å². The Hall–Kier alpha value is -1.91. The molecule has 2 heterocycles. The molecular formula is C15H20N4O4S2. The molecule has 0 aliphatic heterocycles. The second-order valence-electron chi connectivity index (χ2n) is 5.42. The highest BCUT2D eigenvalue weighted by molar-refractivity contribution is 8.00. The standard InChI is InChI=1S/C15H20N4O4S2/c1-7-8(2)24-12-10(7)13(21)19(5-6-23-4)15(18-12)25-9(3)11(20)17-14(16)22/h9H,5-6H2,1-4H3,(H3,16,17,20,22)/t9-/m0/s1. The van der Waals surface area contributed by atoms with Crippen molar-refractivity contribution in [2.75, 3.05) is 13.7 Å². The maximum Gasteiger partial charge on any atom is 0.318 e. The largest absolute Gasteiger partial charge is 0.383 e. The lowest BCUT2D eigenvalue weighted by molar-refractivity contribution is -0.119. The third-order valence-corrected chi connectivity index (χ3v) is 5.86. The molecule has 0 bridgehead atoms. The average Bonchev–Trinajstić information content (AvgIpc) is 2.81. The molecule has 25 heavy (non-hydrogen) atoms. The number of carbonyl (C=O) groups excluding carboxylic acids is 2. The van der Waals surface area contributed by atoms with Gasteiger partial charge in [-0.2, -0.15) is 0 Å². The first-order valence-corrected chi connectivity index (χ1v) is 9.22. The van der Waals surface area contributed by atoms with E-state index in [0.29, 0.717) is 28.5 Å². The Morgan fingerprint density at radius 3 is 2.72 bits per heavy atom. The number of aromatic nitrogens is 2. The van der Waals surface area contributed by atoms with Crippen LogP contribution in [0.15, 0.2) is 9.95 Å². The van der Waals surface area contributed by atoms with Gasteiger partial charge in [-0.1, -0.05) is 11.8 Å². The van der Waals surface area contributed by atoms with Gasteiger partial charge in [0, 0.05) is 12.0 Å². The highest BCUT2D eigenvalue weighted by atomic mass is 32.2. The van der Waals surface area contributed by atoms with Crippen LogP contribution in [0.1, 0.15) is 17.4 Å². The number of imide groups is 1. The lowest BCUT2D eigenvalue weighted by Crippen LogP contribution is -2.39. The number of urea groups is 1. The lowest BCUT2D eigenvalue weighted by Gasteiger charge is -2.14. The summed E-state index contributed by atoms with van der Waals surface area (Å²) in [5.41, 5.74) is 5.73. The summed E-state index contributed by atoms with van der Waals surface area (Å²) >= 11 is 2.54. The molecule has 0 spiro atoms. The second-order valence-corrected chi connectivity index (χ2v) is 7.93. The number of thioether (sulfide) groups is 1. The first kappa shape index (κ1) is 19.4. The van der Waals surface area contributed by atoms with Crippen molar-refractivity contribution in [2.24, 2.45) is 5.73 Å². The maximum absolute atomic E-state index is 12.9. The van der Waals surface area contributed by atoms with Crippen molar-refractivity contribution in [3.63, 3.8) is 0 Å². The van der Waals surface area contributed by atoms with Crippen molar-refractivity contribution in [1.82, 2.24) is 14.9 Å². The molecule has 3 N–H and O–H groups in total. The number of amides is 3.